The lowest BCUT2D eigenvalue weighted by Gasteiger charge is -2.16. The minimum atomic E-state index is -0.896. The summed E-state index contributed by atoms with van der Waals surface area (Å²) >= 11 is 6.03. The van der Waals surface area contributed by atoms with E-state index >= 15 is 0 Å². The number of benzene rings is 1. The Labute approximate surface area is 116 Å². The number of hydrogen-bond acceptors (Lipinski definition) is 2. The largest absolute Gasteiger partial charge is 0.481 e. The van der Waals surface area contributed by atoms with Crippen molar-refractivity contribution in [2.24, 2.45) is 5.92 Å². The molecule has 102 valence electrons. The number of carboxylic acid groups (broad SMARTS) is 1. The molecule has 0 aliphatic heterocycles. The fourth-order valence-corrected chi connectivity index (χ4v) is 2.39. The van der Waals surface area contributed by atoms with Crippen LogP contribution in [-0.2, 0) is 4.79 Å². The zero-order valence-corrected chi connectivity index (χ0v) is 11.4. The highest BCUT2D eigenvalue weighted by molar-refractivity contribution is 6.33. The lowest BCUT2D eigenvalue weighted by molar-refractivity contribution is -0.137. The van der Waals surface area contributed by atoms with Gasteiger partial charge in [-0.2, -0.15) is 0 Å². The number of halogens is 1. The van der Waals surface area contributed by atoms with Gasteiger partial charge in [-0.15, -0.1) is 0 Å². The number of carboxylic acids is 1. The monoisotopic (exact) mass is 281 g/mol. The van der Waals surface area contributed by atoms with Crippen molar-refractivity contribution in [2.45, 2.75) is 32.2 Å². The molecule has 1 aliphatic carbocycles. The number of aliphatic carboxylic acids is 1. The summed E-state index contributed by atoms with van der Waals surface area (Å²) in [6.45, 7) is 1.89. The SMILES string of the molecule is Cc1ccc(C(=O)NC(CC(=O)O)C2CC2)c(Cl)c1. The van der Waals surface area contributed by atoms with Crippen molar-refractivity contribution in [3.05, 3.63) is 34.3 Å². The minimum Gasteiger partial charge on any atom is -0.481 e. The van der Waals surface area contributed by atoms with Crippen LogP contribution in [0.1, 0.15) is 35.2 Å². The summed E-state index contributed by atoms with van der Waals surface area (Å²) in [5.41, 5.74) is 1.37. The zero-order chi connectivity index (χ0) is 14.0. The summed E-state index contributed by atoms with van der Waals surface area (Å²) in [6, 6.07) is 4.89. The van der Waals surface area contributed by atoms with Gasteiger partial charge in [-0.1, -0.05) is 17.7 Å². The Morgan fingerprint density at radius 1 is 1.47 bits per heavy atom. The van der Waals surface area contributed by atoms with E-state index in [9.17, 15) is 9.59 Å². The van der Waals surface area contributed by atoms with Crippen LogP contribution >= 0.6 is 11.6 Å². The van der Waals surface area contributed by atoms with Gasteiger partial charge in [0.05, 0.1) is 17.0 Å². The maximum Gasteiger partial charge on any atom is 0.305 e. The summed E-state index contributed by atoms with van der Waals surface area (Å²) in [7, 11) is 0. The molecule has 0 saturated heterocycles. The van der Waals surface area contributed by atoms with E-state index < -0.39 is 5.97 Å². The Morgan fingerprint density at radius 2 is 2.16 bits per heavy atom. The van der Waals surface area contributed by atoms with Gasteiger partial charge in [-0.3, -0.25) is 9.59 Å². The molecule has 2 rings (SSSR count). The molecular formula is C14H16ClNO3. The summed E-state index contributed by atoms with van der Waals surface area (Å²) in [5.74, 6) is -0.917. The fourth-order valence-electron chi connectivity index (χ4n) is 2.07. The van der Waals surface area contributed by atoms with Crippen molar-refractivity contribution in [1.82, 2.24) is 5.32 Å². The molecule has 1 aromatic rings. The van der Waals surface area contributed by atoms with E-state index in [0.717, 1.165) is 18.4 Å². The number of hydrogen-bond donors (Lipinski definition) is 2. The number of nitrogens with one attached hydrogen (secondary N) is 1. The normalized spacial score (nSPS) is 15.9. The first kappa shape index (κ1) is 13.9. The van der Waals surface area contributed by atoms with Gasteiger partial charge >= 0.3 is 5.97 Å². The van der Waals surface area contributed by atoms with Crippen LogP contribution in [0.15, 0.2) is 18.2 Å². The second-order valence-electron chi connectivity index (χ2n) is 5.00. The molecule has 1 saturated carbocycles. The maximum absolute atomic E-state index is 12.1. The van der Waals surface area contributed by atoms with E-state index in [-0.39, 0.29) is 24.3 Å². The first-order valence-corrected chi connectivity index (χ1v) is 6.64. The Bertz CT molecular complexity index is 511. The molecule has 1 unspecified atom stereocenters. The van der Waals surface area contributed by atoms with Crippen LogP contribution in [0, 0.1) is 12.8 Å². The fraction of sp³-hybridized carbons (Fsp3) is 0.429. The first-order valence-electron chi connectivity index (χ1n) is 6.26. The van der Waals surface area contributed by atoms with E-state index in [1.54, 1.807) is 12.1 Å². The van der Waals surface area contributed by atoms with E-state index in [1.807, 2.05) is 13.0 Å². The summed E-state index contributed by atoms with van der Waals surface area (Å²) < 4.78 is 0. The lowest BCUT2D eigenvalue weighted by atomic mass is 10.1. The highest BCUT2D eigenvalue weighted by Gasteiger charge is 2.34. The second-order valence-corrected chi connectivity index (χ2v) is 5.41. The van der Waals surface area contributed by atoms with Crippen LogP contribution in [0.25, 0.3) is 0 Å². The second kappa shape index (κ2) is 5.61. The first-order chi connectivity index (χ1) is 8.97. The molecule has 1 atom stereocenters. The average Bonchev–Trinajstić information content (AvgIpc) is 3.10. The highest BCUT2D eigenvalue weighted by atomic mass is 35.5. The Hall–Kier alpha value is -1.55. The number of carbonyl (C=O) groups excluding carboxylic acids is 1. The number of amides is 1. The Morgan fingerprint density at radius 3 is 2.68 bits per heavy atom. The third-order valence-electron chi connectivity index (χ3n) is 3.27. The molecule has 4 nitrogen and oxygen atoms in total. The van der Waals surface area contributed by atoms with Gasteiger partial charge in [0, 0.05) is 6.04 Å². The topological polar surface area (TPSA) is 66.4 Å². The van der Waals surface area contributed by atoms with Crippen molar-refractivity contribution in [3.63, 3.8) is 0 Å². The van der Waals surface area contributed by atoms with Gasteiger partial charge in [0.2, 0.25) is 0 Å². The summed E-state index contributed by atoms with van der Waals surface area (Å²) in [5, 5.41) is 12.0. The van der Waals surface area contributed by atoms with Gasteiger partial charge in [-0.25, -0.2) is 0 Å². The molecule has 0 aromatic heterocycles. The van der Waals surface area contributed by atoms with Gasteiger partial charge in [0.15, 0.2) is 0 Å². The third-order valence-corrected chi connectivity index (χ3v) is 3.58. The predicted molar refractivity (Wildman–Crippen MR) is 72.4 cm³/mol. The highest BCUT2D eigenvalue weighted by Crippen LogP contribution is 2.34. The van der Waals surface area contributed by atoms with Crippen LogP contribution in [0.2, 0.25) is 5.02 Å². The van der Waals surface area contributed by atoms with Gasteiger partial charge in [0.25, 0.3) is 5.91 Å². The predicted octanol–water partition coefficient (Wildman–Crippen LogP) is 2.63. The molecule has 1 fully saturated rings. The molecule has 1 aromatic carbocycles. The molecule has 0 spiro atoms. The smallest absolute Gasteiger partial charge is 0.305 e. The molecule has 0 radical (unpaired) electrons. The van der Waals surface area contributed by atoms with Gasteiger partial charge < -0.3 is 10.4 Å². The van der Waals surface area contributed by atoms with E-state index in [4.69, 9.17) is 16.7 Å². The van der Waals surface area contributed by atoms with E-state index in [0.29, 0.717) is 10.6 Å². The molecule has 0 heterocycles. The van der Waals surface area contributed by atoms with Crippen LogP contribution < -0.4 is 5.32 Å². The van der Waals surface area contributed by atoms with E-state index in [2.05, 4.69) is 5.32 Å². The Kier molecular flexibility index (Phi) is 4.10. The minimum absolute atomic E-state index is 0.0418. The lowest BCUT2D eigenvalue weighted by Crippen LogP contribution is -2.38. The average molecular weight is 282 g/mol. The van der Waals surface area contributed by atoms with Gasteiger partial charge in [0.1, 0.15) is 0 Å². The number of aryl methyl sites for hydroxylation is 1. The van der Waals surface area contributed by atoms with E-state index in [1.165, 1.54) is 0 Å². The molecule has 5 heteroatoms. The van der Waals surface area contributed by atoms with Crippen LogP contribution in [-0.4, -0.2) is 23.0 Å². The van der Waals surface area contributed by atoms with Crippen molar-refractivity contribution < 1.29 is 14.7 Å². The van der Waals surface area contributed by atoms with Crippen LogP contribution in [0.4, 0.5) is 0 Å². The summed E-state index contributed by atoms with van der Waals surface area (Å²) in [6.07, 6.45) is 1.90. The van der Waals surface area contributed by atoms with Crippen molar-refractivity contribution in [2.75, 3.05) is 0 Å². The van der Waals surface area contributed by atoms with Crippen molar-refractivity contribution in [3.8, 4) is 0 Å². The maximum atomic E-state index is 12.1. The molecule has 19 heavy (non-hydrogen) atoms. The molecule has 2 N–H and O–H groups in total. The standard InChI is InChI=1S/C14H16ClNO3/c1-8-2-5-10(11(15)6-8)14(19)16-12(7-13(17)18)9-3-4-9/h2,5-6,9,12H,3-4,7H2,1H3,(H,16,19)(H,17,18). The zero-order valence-electron chi connectivity index (χ0n) is 10.6. The quantitative estimate of drug-likeness (QED) is 0.872. The molecule has 1 amide bonds. The summed E-state index contributed by atoms with van der Waals surface area (Å²) in [4.78, 5) is 22.9. The third kappa shape index (κ3) is 3.70. The van der Waals surface area contributed by atoms with Crippen LogP contribution in [0.3, 0.4) is 0 Å². The molecular weight excluding hydrogens is 266 g/mol. The molecule has 1 aliphatic rings. The van der Waals surface area contributed by atoms with Gasteiger partial charge in [-0.05, 0) is 43.4 Å². The Balaban J connectivity index is 2.08. The van der Waals surface area contributed by atoms with Crippen molar-refractivity contribution >= 4 is 23.5 Å². The van der Waals surface area contributed by atoms with Crippen molar-refractivity contribution in [1.29, 1.82) is 0 Å². The number of rotatable bonds is 5. The van der Waals surface area contributed by atoms with Crippen LogP contribution in [0.5, 0.6) is 0 Å². The number of carbonyl (C=O) groups is 2. The molecule has 0 bridgehead atoms.